The summed E-state index contributed by atoms with van der Waals surface area (Å²) in [5, 5.41) is 14.9. The van der Waals surface area contributed by atoms with Crippen molar-refractivity contribution < 1.29 is 23.1 Å². The molecule has 35 heavy (non-hydrogen) atoms. The smallest absolute Gasteiger partial charge is 0.392 e. The second-order valence-electron chi connectivity index (χ2n) is 7.69. The second-order valence-corrected chi connectivity index (χ2v) is 7.69. The van der Waals surface area contributed by atoms with Gasteiger partial charge in [0.15, 0.2) is 0 Å². The summed E-state index contributed by atoms with van der Waals surface area (Å²) in [6.07, 6.45) is 0.317. The molecule has 0 radical (unpaired) electrons. The minimum Gasteiger partial charge on any atom is -0.392 e. The number of aliphatic hydroxyl groups excluding tert-OH is 1. The molecule has 4 aromatic rings. The number of halogens is 3. The summed E-state index contributed by atoms with van der Waals surface area (Å²) in [6.45, 7) is 1.23. The zero-order chi connectivity index (χ0) is 25.0. The first kappa shape index (κ1) is 23.8. The Morgan fingerprint density at radius 1 is 1.06 bits per heavy atom. The molecular weight excluding hydrogens is 459 g/mol. The third-order valence-electron chi connectivity index (χ3n) is 5.12. The van der Waals surface area contributed by atoms with E-state index < -0.39 is 24.3 Å². The maximum Gasteiger partial charge on any atom is 0.416 e. The number of nitrogens with zero attached hydrogens (tertiary/aromatic N) is 3. The summed E-state index contributed by atoms with van der Waals surface area (Å²) in [4.78, 5) is 25.6. The molecule has 0 aliphatic carbocycles. The van der Waals surface area contributed by atoms with Gasteiger partial charge in [-0.3, -0.25) is 9.78 Å². The number of rotatable bonds is 6. The highest BCUT2D eigenvalue weighted by Crippen LogP contribution is 2.32. The Kier molecular flexibility index (Phi) is 6.74. The molecule has 4 rings (SSSR count). The molecule has 0 saturated heterocycles. The van der Waals surface area contributed by atoms with Crippen molar-refractivity contribution in [2.45, 2.75) is 19.7 Å². The fourth-order valence-electron chi connectivity index (χ4n) is 3.33. The van der Waals surface area contributed by atoms with E-state index in [0.717, 1.165) is 23.3 Å². The van der Waals surface area contributed by atoms with Crippen molar-refractivity contribution >= 4 is 23.2 Å². The molecule has 178 valence electrons. The Hall–Kier alpha value is -4.31. The number of anilines is 3. The van der Waals surface area contributed by atoms with Crippen LogP contribution in [0.25, 0.3) is 11.3 Å². The van der Waals surface area contributed by atoms with Gasteiger partial charge in [0.2, 0.25) is 5.95 Å². The lowest BCUT2D eigenvalue weighted by Gasteiger charge is -2.14. The van der Waals surface area contributed by atoms with Crippen LogP contribution in [0.1, 0.15) is 27.0 Å². The molecule has 0 aliphatic rings. The summed E-state index contributed by atoms with van der Waals surface area (Å²) in [5.74, 6) is -0.307. The van der Waals surface area contributed by atoms with Crippen LogP contribution >= 0.6 is 0 Å². The fraction of sp³-hybridized carbons (Fsp3) is 0.120. The number of amides is 1. The topological polar surface area (TPSA) is 100 Å². The van der Waals surface area contributed by atoms with E-state index in [1.807, 2.05) is 13.0 Å². The number of aryl methyl sites for hydroxylation is 1. The summed E-state index contributed by atoms with van der Waals surface area (Å²) in [5.41, 5.74) is 2.04. The molecule has 0 fully saturated rings. The molecular formula is C25H20F3N5O2. The van der Waals surface area contributed by atoms with Crippen LogP contribution in [0.3, 0.4) is 0 Å². The fourth-order valence-corrected chi connectivity index (χ4v) is 3.33. The Morgan fingerprint density at radius 3 is 2.60 bits per heavy atom. The monoisotopic (exact) mass is 479 g/mol. The van der Waals surface area contributed by atoms with Gasteiger partial charge >= 0.3 is 6.18 Å². The van der Waals surface area contributed by atoms with Gasteiger partial charge in [0.25, 0.3) is 5.91 Å². The Labute approximate surface area is 198 Å². The van der Waals surface area contributed by atoms with Crippen LogP contribution in [0.5, 0.6) is 0 Å². The highest BCUT2D eigenvalue weighted by Gasteiger charge is 2.31. The van der Waals surface area contributed by atoms with E-state index in [9.17, 15) is 23.1 Å². The number of aliphatic hydroxyl groups is 1. The highest BCUT2D eigenvalue weighted by atomic mass is 19.4. The number of benzene rings is 2. The van der Waals surface area contributed by atoms with Gasteiger partial charge in [0, 0.05) is 41.1 Å². The van der Waals surface area contributed by atoms with E-state index in [4.69, 9.17) is 0 Å². The zero-order valence-electron chi connectivity index (χ0n) is 18.5. The van der Waals surface area contributed by atoms with E-state index in [1.165, 1.54) is 6.07 Å². The summed E-state index contributed by atoms with van der Waals surface area (Å²) < 4.78 is 39.5. The second kappa shape index (κ2) is 9.90. The van der Waals surface area contributed by atoms with Crippen LogP contribution < -0.4 is 10.6 Å². The maximum atomic E-state index is 13.2. The number of hydrogen-bond donors (Lipinski definition) is 3. The molecule has 1 amide bonds. The van der Waals surface area contributed by atoms with Crippen LogP contribution in [0, 0.1) is 6.92 Å². The SMILES string of the molecule is Cc1ccc(C(=O)Nc2cc(CO)cc(C(F)(F)F)c2)cc1Nc1nccc(-c2cccnc2)n1. The number of carbonyl (C=O) groups is 1. The molecule has 10 heteroatoms. The molecule has 3 N–H and O–H groups in total. The third-order valence-corrected chi connectivity index (χ3v) is 5.12. The van der Waals surface area contributed by atoms with Crippen molar-refractivity contribution in [1.82, 2.24) is 15.0 Å². The van der Waals surface area contributed by atoms with Crippen LogP contribution in [-0.2, 0) is 12.8 Å². The van der Waals surface area contributed by atoms with Gasteiger partial charge in [0.05, 0.1) is 17.9 Å². The van der Waals surface area contributed by atoms with E-state index in [1.54, 1.807) is 48.9 Å². The number of pyridine rings is 1. The molecule has 2 aromatic heterocycles. The average Bonchev–Trinajstić information content (AvgIpc) is 2.85. The molecule has 7 nitrogen and oxygen atoms in total. The molecule has 2 heterocycles. The number of hydrogen-bond acceptors (Lipinski definition) is 6. The van der Waals surface area contributed by atoms with Crippen molar-refractivity contribution in [2.24, 2.45) is 0 Å². The lowest BCUT2D eigenvalue weighted by molar-refractivity contribution is -0.137. The lowest BCUT2D eigenvalue weighted by atomic mass is 10.1. The van der Waals surface area contributed by atoms with Crippen LogP contribution in [0.2, 0.25) is 0 Å². The first-order valence-electron chi connectivity index (χ1n) is 10.5. The van der Waals surface area contributed by atoms with Crippen molar-refractivity contribution in [3.05, 3.63) is 95.4 Å². The quantitative estimate of drug-likeness (QED) is 0.345. The predicted octanol–water partition coefficient (Wildman–Crippen LogP) is 5.35. The van der Waals surface area contributed by atoms with E-state index in [0.29, 0.717) is 17.3 Å². The number of aromatic nitrogens is 3. The molecule has 0 spiro atoms. The summed E-state index contributed by atoms with van der Waals surface area (Å²) in [6, 6.07) is 13.2. The largest absolute Gasteiger partial charge is 0.416 e. The van der Waals surface area contributed by atoms with Gasteiger partial charge in [0.1, 0.15) is 0 Å². The van der Waals surface area contributed by atoms with Crippen LogP contribution in [-0.4, -0.2) is 26.0 Å². The van der Waals surface area contributed by atoms with Crippen molar-refractivity contribution in [1.29, 1.82) is 0 Å². The van der Waals surface area contributed by atoms with Gasteiger partial charge in [-0.1, -0.05) is 6.07 Å². The molecule has 0 saturated carbocycles. The maximum absolute atomic E-state index is 13.2. The predicted molar refractivity (Wildman–Crippen MR) is 125 cm³/mol. The Bertz CT molecular complexity index is 1360. The van der Waals surface area contributed by atoms with Crippen LogP contribution in [0.4, 0.5) is 30.5 Å². The molecule has 2 aromatic carbocycles. The molecule has 0 aliphatic heterocycles. The summed E-state index contributed by atoms with van der Waals surface area (Å²) in [7, 11) is 0. The van der Waals surface area contributed by atoms with Gasteiger partial charge in [-0.15, -0.1) is 0 Å². The minimum absolute atomic E-state index is 0.0343. The average molecular weight is 479 g/mol. The third kappa shape index (κ3) is 5.79. The first-order valence-corrected chi connectivity index (χ1v) is 10.5. The van der Waals surface area contributed by atoms with Gasteiger partial charge in [-0.05, 0) is 66.6 Å². The molecule has 0 bridgehead atoms. The first-order chi connectivity index (χ1) is 16.7. The number of alkyl halides is 3. The Balaban J connectivity index is 1.57. The van der Waals surface area contributed by atoms with Crippen molar-refractivity contribution in [3.8, 4) is 11.3 Å². The van der Waals surface area contributed by atoms with Crippen LogP contribution in [0.15, 0.2) is 73.2 Å². The number of carbonyl (C=O) groups excluding carboxylic acids is 1. The van der Waals surface area contributed by atoms with E-state index >= 15 is 0 Å². The zero-order valence-corrected chi connectivity index (χ0v) is 18.5. The van der Waals surface area contributed by atoms with Gasteiger partial charge < -0.3 is 15.7 Å². The minimum atomic E-state index is -4.62. The Morgan fingerprint density at radius 2 is 1.89 bits per heavy atom. The standard InChI is InChI=1S/C25H20F3N5O2/c1-15-4-5-17(23(35)31-20-10-16(14-34)9-19(12-20)25(26,27)28)11-22(15)33-24-30-8-6-21(32-24)18-3-2-7-29-13-18/h2-13,34H,14H2,1H3,(H,31,35)(H,30,32,33). The number of nitrogens with one attached hydrogen (secondary N) is 2. The molecule has 0 unspecified atom stereocenters. The van der Waals surface area contributed by atoms with E-state index in [-0.39, 0.29) is 16.8 Å². The highest BCUT2D eigenvalue weighted by molar-refractivity contribution is 6.05. The van der Waals surface area contributed by atoms with Gasteiger partial charge in [-0.25, -0.2) is 9.97 Å². The summed E-state index contributed by atoms with van der Waals surface area (Å²) >= 11 is 0. The van der Waals surface area contributed by atoms with E-state index in [2.05, 4.69) is 25.6 Å². The van der Waals surface area contributed by atoms with Crippen molar-refractivity contribution in [3.63, 3.8) is 0 Å². The lowest BCUT2D eigenvalue weighted by Crippen LogP contribution is -2.14. The molecule has 0 atom stereocenters. The van der Waals surface area contributed by atoms with Gasteiger partial charge in [-0.2, -0.15) is 13.2 Å². The normalized spacial score (nSPS) is 11.2. The van der Waals surface area contributed by atoms with Crippen molar-refractivity contribution in [2.75, 3.05) is 10.6 Å².